The summed E-state index contributed by atoms with van der Waals surface area (Å²) in [6.07, 6.45) is 0. The average Bonchev–Trinajstić information content (AvgIpc) is 3.33. The molecule has 1 aliphatic rings. The van der Waals surface area contributed by atoms with E-state index in [0.717, 1.165) is 27.1 Å². The van der Waals surface area contributed by atoms with Gasteiger partial charge < -0.3 is 9.84 Å². The van der Waals surface area contributed by atoms with Crippen molar-refractivity contribution in [2.45, 2.75) is 19.9 Å². The number of aliphatic hydroxyl groups is 1. The summed E-state index contributed by atoms with van der Waals surface area (Å²) in [5.74, 6) is -1.01. The highest BCUT2D eigenvalue weighted by atomic mass is 35.5. The van der Waals surface area contributed by atoms with Crippen LogP contribution >= 0.6 is 22.9 Å². The first-order chi connectivity index (χ1) is 16.8. The van der Waals surface area contributed by atoms with E-state index in [-0.39, 0.29) is 11.3 Å². The van der Waals surface area contributed by atoms with Crippen molar-refractivity contribution >= 4 is 56.3 Å². The number of hydrogen-bond acceptors (Lipinski definition) is 6. The van der Waals surface area contributed by atoms with Crippen LogP contribution in [0.25, 0.3) is 16.5 Å². The van der Waals surface area contributed by atoms with E-state index in [1.54, 1.807) is 43.5 Å². The Labute approximate surface area is 211 Å². The Kier molecular flexibility index (Phi) is 5.83. The lowest BCUT2D eigenvalue weighted by molar-refractivity contribution is -0.132. The van der Waals surface area contributed by atoms with Gasteiger partial charge in [-0.25, -0.2) is 4.98 Å². The molecule has 4 aromatic rings. The predicted molar refractivity (Wildman–Crippen MR) is 138 cm³/mol. The number of carbonyl (C=O) groups excluding carboxylic acids is 2. The van der Waals surface area contributed by atoms with Crippen molar-refractivity contribution in [3.8, 4) is 5.75 Å². The van der Waals surface area contributed by atoms with Gasteiger partial charge in [0.25, 0.3) is 5.78 Å². The maximum absolute atomic E-state index is 13.3. The summed E-state index contributed by atoms with van der Waals surface area (Å²) in [6, 6.07) is 17.0. The number of Topliss-reactive ketones (excluding diaryl/α,β-unsaturated/α-hetero) is 1. The third kappa shape index (κ3) is 3.96. The first-order valence-electron chi connectivity index (χ1n) is 10.9. The van der Waals surface area contributed by atoms with Crippen molar-refractivity contribution in [2.24, 2.45) is 0 Å². The number of carbonyl (C=O) groups is 2. The molecule has 1 aromatic heterocycles. The normalized spacial score (nSPS) is 17.4. The predicted octanol–water partition coefficient (Wildman–Crippen LogP) is 6.20. The number of aromatic nitrogens is 1. The summed E-state index contributed by atoms with van der Waals surface area (Å²) < 4.78 is 5.28. The molecule has 0 bridgehead atoms. The molecule has 1 aliphatic heterocycles. The molecule has 0 aliphatic carbocycles. The van der Waals surface area contributed by atoms with Crippen LogP contribution < -0.4 is 9.64 Å². The van der Waals surface area contributed by atoms with E-state index in [0.29, 0.717) is 21.3 Å². The van der Waals surface area contributed by atoms with Gasteiger partial charge >= 0.3 is 5.91 Å². The number of anilines is 1. The molecule has 5 rings (SSSR count). The molecule has 0 spiro atoms. The van der Waals surface area contributed by atoms with E-state index in [4.69, 9.17) is 16.3 Å². The molecule has 1 unspecified atom stereocenters. The Morgan fingerprint density at radius 2 is 1.71 bits per heavy atom. The topological polar surface area (TPSA) is 79.7 Å². The van der Waals surface area contributed by atoms with Crippen molar-refractivity contribution in [1.29, 1.82) is 0 Å². The van der Waals surface area contributed by atoms with Gasteiger partial charge in [0.1, 0.15) is 11.5 Å². The Morgan fingerprint density at radius 1 is 1.03 bits per heavy atom. The summed E-state index contributed by atoms with van der Waals surface area (Å²) in [5, 5.41) is 14.1. The van der Waals surface area contributed by atoms with Crippen LogP contribution in [0.1, 0.15) is 27.7 Å². The number of benzene rings is 3. The van der Waals surface area contributed by atoms with Crippen molar-refractivity contribution in [3.63, 3.8) is 0 Å². The molecule has 2 heterocycles. The van der Waals surface area contributed by atoms with E-state index in [2.05, 4.69) is 4.98 Å². The van der Waals surface area contributed by atoms with Crippen molar-refractivity contribution in [3.05, 3.63) is 93.0 Å². The fourth-order valence-electron chi connectivity index (χ4n) is 4.20. The van der Waals surface area contributed by atoms with Crippen molar-refractivity contribution < 1.29 is 19.4 Å². The van der Waals surface area contributed by atoms with E-state index in [9.17, 15) is 14.7 Å². The van der Waals surface area contributed by atoms with E-state index >= 15 is 0 Å². The van der Waals surface area contributed by atoms with Gasteiger partial charge in [-0.1, -0.05) is 41.9 Å². The summed E-state index contributed by atoms with van der Waals surface area (Å²) in [7, 11) is 1.60. The summed E-state index contributed by atoms with van der Waals surface area (Å²) in [5.41, 5.74) is 1.87. The van der Waals surface area contributed by atoms with Gasteiger partial charge in [0.15, 0.2) is 5.13 Å². The zero-order valence-electron chi connectivity index (χ0n) is 19.2. The number of aliphatic hydroxyl groups excluding tert-OH is 1. The fraction of sp³-hybridized carbons (Fsp3) is 0.148. The van der Waals surface area contributed by atoms with Gasteiger partial charge in [-0.3, -0.25) is 14.5 Å². The quantitative estimate of drug-likeness (QED) is 0.203. The number of methoxy groups -OCH3 is 1. The van der Waals surface area contributed by atoms with Crippen LogP contribution in [0.4, 0.5) is 5.13 Å². The van der Waals surface area contributed by atoms with Gasteiger partial charge in [-0.15, -0.1) is 11.3 Å². The first kappa shape index (κ1) is 23.1. The maximum atomic E-state index is 13.3. The number of nitrogens with zero attached hydrogens (tertiary/aromatic N) is 2. The molecule has 0 radical (unpaired) electrons. The monoisotopic (exact) mass is 504 g/mol. The number of hydrogen-bond donors (Lipinski definition) is 1. The second-order valence-corrected chi connectivity index (χ2v) is 9.90. The zero-order chi connectivity index (χ0) is 24.9. The lowest BCUT2D eigenvalue weighted by atomic mass is 9.94. The summed E-state index contributed by atoms with van der Waals surface area (Å²) >= 11 is 7.43. The lowest BCUT2D eigenvalue weighted by Gasteiger charge is -2.23. The molecule has 0 saturated carbocycles. The highest BCUT2D eigenvalue weighted by Crippen LogP contribution is 2.44. The molecule has 35 heavy (non-hydrogen) atoms. The minimum atomic E-state index is -0.844. The molecule has 1 fully saturated rings. The zero-order valence-corrected chi connectivity index (χ0v) is 20.8. The number of ketones is 1. The minimum absolute atomic E-state index is 0.00990. The number of fused-ring (bicyclic) bond motifs is 1. The third-order valence-electron chi connectivity index (χ3n) is 6.17. The number of rotatable bonds is 4. The standard InChI is InChI=1S/C27H21ClN2O4S/c1-14-15(2)35-27(29-14)30-23(16-6-9-20(28)10-7-16)22(25(32)26(30)33)24(31)19-5-4-18-13-21(34-3)11-8-17(18)12-19/h4-13,23,31H,1-3H3/b24-22+. The second kappa shape index (κ2) is 8.83. The molecular weight excluding hydrogens is 484 g/mol. The summed E-state index contributed by atoms with van der Waals surface area (Å²) in [6.45, 7) is 3.77. The van der Waals surface area contributed by atoms with Crippen LogP contribution in [0.2, 0.25) is 5.02 Å². The van der Waals surface area contributed by atoms with E-state index in [1.165, 1.54) is 16.2 Å². The van der Waals surface area contributed by atoms with Crippen LogP contribution in [-0.4, -0.2) is 28.9 Å². The van der Waals surface area contributed by atoms with Gasteiger partial charge in [0.05, 0.1) is 24.4 Å². The Balaban J connectivity index is 1.70. The van der Waals surface area contributed by atoms with E-state index in [1.807, 2.05) is 38.1 Å². The molecule has 8 heteroatoms. The number of halogens is 1. The van der Waals surface area contributed by atoms with E-state index < -0.39 is 17.7 Å². The molecule has 1 amide bonds. The minimum Gasteiger partial charge on any atom is -0.507 e. The van der Waals surface area contributed by atoms with Crippen LogP contribution in [0.15, 0.2) is 66.2 Å². The number of ether oxygens (including phenoxy) is 1. The molecule has 1 N–H and O–H groups in total. The SMILES string of the molecule is COc1ccc2cc(/C(O)=C3\C(=O)C(=O)N(c4nc(C)c(C)s4)C3c3ccc(Cl)cc3)ccc2c1. The molecule has 176 valence electrons. The van der Waals surface area contributed by atoms with Crippen molar-refractivity contribution in [1.82, 2.24) is 4.98 Å². The van der Waals surface area contributed by atoms with Crippen LogP contribution in [0.5, 0.6) is 5.75 Å². The van der Waals surface area contributed by atoms with Gasteiger partial charge in [0, 0.05) is 15.5 Å². The first-order valence-corrected chi connectivity index (χ1v) is 12.1. The molecule has 1 saturated heterocycles. The fourth-order valence-corrected chi connectivity index (χ4v) is 5.27. The average molecular weight is 505 g/mol. The van der Waals surface area contributed by atoms with Gasteiger partial charge in [-0.2, -0.15) is 0 Å². The highest BCUT2D eigenvalue weighted by molar-refractivity contribution is 7.16. The molecule has 1 atom stereocenters. The highest BCUT2D eigenvalue weighted by Gasteiger charge is 2.48. The van der Waals surface area contributed by atoms with Gasteiger partial charge in [0.2, 0.25) is 0 Å². The Morgan fingerprint density at radius 3 is 2.37 bits per heavy atom. The molecule has 6 nitrogen and oxygen atoms in total. The lowest BCUT2D eigenvalue weighted by Crippen LogP contribution is -2.29. The second-order valence-electron chi connectivity index (χ2n) is 8.29. The van der Waals surface area contributed by atoms with Crippen LogP contribution in [0, 0.1) is 13.8 Å². The number of thiazole rings is 1. The van der Waals surface area contributed by atoms with Crippen LogP contribution in [0.3, 0.4) is 0 Å². The van der Waals surface area contributed by atoms with Crippen molar-refractivity contribution in [2.75, 3.05) is 12.0 Å². The largest absolute Gasteiger partial charge is 0.507 e. The molecular formula is C27H21ClN2O4S. The Bertz CT molecular complexity index is 1500. The number of amides is 1. The summed E-state index contributed by atoms with van der Waals surface area (Å²) in [4.78, 5) is 33.4. The van der Waals surface area contributed by atoms with Gasteiger partial charge in [-0.05, 0) is 60.5 Å². The smallest absolute Gasteiger partial charge is 0.301 e. The number of aryl methyl sites for hydroxylation is 2. The molecule has 3 aromatic carbocycles. The maximum Gasteiger partial charge on any atom is 0.301 e. The Hall–Kier alpha value is -3.68. The van der Waals surface area contributed by atoms with Crippen LogP contribution in [-0.2, 0) is 9.59 Å². The third-order valence-corrected chi connectivity index (χ3v) is 7.50.